The second-order valence-corrected chi connectivity index (χ2v) is 4.74. The highest BCUT2D eigenvalue weighted by molar-refractivity contribution is 7.80. The van der Waals surface area contributed by atoms with Crippen molar-refractivity contribution in [1.29, 1.82) is 0 Å². The van der Waals surface area contributed by atoms with Crippen molar-refractivity contribution in [3.63, 3.8) is 0 Å². The van der Waals surface area contributed by atoms with Gasteiger partial charge in [-0.05, 0) is 18.2 Å². The molecule has 4 N–H and O–H groups in total. The van der Waals surface area contributed by atoms with E-state index in [9.17, 15) is 13.2 Å². The van der Waals surface area contributed by atoms with Gasteiger partial charge in [-0.3, -0.25) is 9.35 Å². The van der Waals surface area contributed by atoms with E-state index in [1.165, 1.54) is 18.2 Å². The Bertz CT molecular complexity index is 546. The maximum atomic E-state index is 11.6. The summed E-state index contributed by atoms with van der Waals surface area (Å²) in [7, 11) is -4.49. The SMILES string of the molecule is Nc1cc(C(=O)NCCOS(=O)(=O)O)ccc1Cl. The van der Waals surface area contributed by atoms with E-state index in [1.54, 1.807) is 0 Å². The molecule has 18 heavy (non-hydrogen) atoms. The van der Waals surface area contributed by atoms with Gasteiger partial charge in [-0.1, -0.05) is 11.6 Å². The van der Waals surface area contributed by atoms with Gasteiger partial charge in [-0.2, -0.15) is 8.42 Å². The molecule has 0 atom stereocenters. The second-order valence-electron chi connectivity index (χ2n) is 3.24. The van der Waals surface area contributed by atoms with Crippen LogP contribution in [0.2, 0.25) is 5.02 Å². The summed E-state index contributed by atoms with van der Waals surface area (Å²) in [5.41, 5.74) is 6.07. The normalized spacial score (nSPS) is 11.2. The molecule has 0 fully saturated rings. The summed E-state index contributed by atoms with van der Waals surface area (Å²) in [5.74, 6) is -0.461. The molecule has 1 aromatic carbocycles. The number of nitrogens with one attached hydrogen (secondary N) is 1. The van der Waals surface area contributed by atoms with Crippen molar-refractivity contribution < 1.29 is 21.9 Å². The average Bonchev–Trinajstić information content (AvgIpc) is 2.26. The first kappa shape index (κ1) is 14.7. The number of benzene rings is 1. The van der Waals surface area contributed by atoms with Gasteiger partial charge in [-0.25, -0.2) is 4.18 Å². The fraction of sp³-hybridized carbons (Fsp3) is 0.222. The van der Waals surface area contributed by atoms with Gasteiger partial charge in [0, 0.05) is 12.1 Å². The van der Waals surface area contributed by atoms with E-state index in [4.69, 9.17) is 21.9 Å². The molecule has 100 valence electrons. The quantitative estimate of drug-likeness (QED) is 0.413. The number of nitrogen functional groups attached to an aromatic ring is 1. The van der Waals surface area contributed by atoms with Crippen molar-refractivity contribution in [3.8, 4) is 0 Å². The Morgan fingerprint density at radius 3 is 2.72 bits per heavy atom. The van der Waals surface area contributed by atoms with E-state index in [0.29, 0.717) is 5.02 Å². The van der Waals surface area contributed by atoms with Crippen molar-refractivity contribution in [1.82, 2.24) is 5.32 Å². The lowest BCUT2D eigenvalue weighted by Gasteiger charge is -2.06. The number of rotatable bonds is 5. The summed E-state index contributed by atoms with van der Waals surface area (Å²) in [6, 6.07) is 4.33. The van der Waals surface area contributed by atoms with Crippen molar-refractivity contribution >= 4 is 33.6 Å². The fourth-order valence-corrected chi connectivity index (χ4v) is 1.51. The molecule has 7 nitrogen and oxygen atoms in total. The van der Waals surface area contributed by atoms with Crippen LogP contribution < -0.4 is 11.1 Å². The van der Waals surface area contributed by atoms with Crippen LogP contribution in [0.5, 0.6) is 0 Å². The molecule has 0 aliphatic carbocycles. The lowest BCUT2D eigenvalue weighted by Crippen LogP contribution is -2.28. The third kappa shape index (κ3) is 4.88. The Hall–Kier alpha value is -1.35. The summed E-state index contributed by atoms with van der Waals surface area (Å²) < 4.78 is 32.7. The molecule has 0 saturated carbocycles. The van der Waals surface area contributed by atoms with Crippen molar-refractivity contribution in [2.45, 2.75) is 0 Å². The molecule has 0 radical (unpaired) electrons. The number of amides is 1. The van der Waals surface area contributed by atoms with Gasteiger partial charge in [0.05, 0.1) is 17.3 Å². The van der Waals surface area contributed by atoms with Crippen LogP contribution in [0.1, 0.15) is 10.4 Å². The Kier molecular flexibility index (Phi) is 4.91. The van der Waals surface area contributed by atoms with Crippen molar-refractivity contribution in [2.24, 2.45) is 0 Å². The molecule has 0 aliphatic heterocycles. The molecule has 0 unspecified atom stereocenters. The minimum atomic E-state index is -4.49. The van der Waals surface area contributed by atoms with Gasteiger partial charge in [-0.15, -0.1) is 0 Å². The maximum Gasteiger partial charge on any atom is 0.397 e. The van der Waals surface area contributed by atoms with E-state index >= 15 is 0 Å². The summed E-state index contributed by atoms with van der Waals surface area (Å²) in [6.07, 6.45) is 0. The molecule has 0 aliphatic rings. The zero-order valence-corrected chi connectivity index (χ0v) is 10.7. The Morgan fingerprint density at radius 2 is 2.17 bits per heavy atom. The van der Waals surface area contributed by atoms with Crippen LogP contribution in [0.4, 0.5) is 5.69 Å². The zero-order valence-electron chi connectivity index (χ0n) is 9.09. The summed E-state index contributed by atoms with van der Waals surface area (Å²) >= 11 is 5.69. The molecular formula is C9H11ClN2O5S. The monoisotopic (exact) mass is 294 g/mol. The third-order valence-corrected chi connectivity index (χ3v) is 2.69. The molecule has 9 heteroatoms. The number of halogens is 1. The minimum absolute atomic E-state index is 0.0822. The van der Waals surface area contributed by atoms with E-state index in [0.717, 1.165) is 0 Å². The van der Waals surface area contributed by atoms with E-state index in [1.807, 2.05) is 0 Å². The molecule has 0 aromatic heterocycles. The number of hydrogen-bond donors (Lipinski definition) is 3. The maximum absolute atomic E-state index is 11.6. The smallest absolute Gasteiger partial charge is 0.397 e. The number of carbonyl (C=O) groups excluding carboxylic acids is 1. The van der Waals surface area contributed by atoms with Crippen LogP contribution in [0.25, 0.3) is 0 Å². The Labute approximate surface area is 109 Å². The van der Waals surface area contributed by atoms with Crippen LogP contribution in [-0.4, -0.2) is 32.0 Å². The molecule has 0 heterocycles. The fourth-order valence-electron chi connectivity index (χ4n) is 1.10. The predicted octanol–water partition coefficient (Wildman–Crippen LogP) is 0.471. The largest absolute Gasteiger partial charge is 0.398 e. The van der Waals surface area contributed by atoms with E-state index in [-0.39, 0.29) is 24.4 Å². The first-order valence-corrected chi connectivity index (χ1v) is 6.49. The van der Waals surface area contributed by atoms with Crippen LogP contribution in [0.3, 0.4) is 0 Å². The Balaban J connectivity index is 2.48. The standard InChI is InChI=1S/C9H11ClN2O5S/c10-7-2-1-6(5-8(7)11)9(13)12-3-4-17-18(14,15)16/h1-2,5H,3-4,11H2,(H,12,13)(H,14,15,16). The number of hydrogen-bond acceptors (Lipinski definition) is 5. The Morgan fingerprint density at radius 1 is 1.50 bits per heavy atom. The van der Waals surface area contributed by atoms with Gasteiger partial charge in [0.15, 0.2) is 0 Å². The highest BCUT2D eigenvalue weighted by Gasteiger charge is 2.08. The number of anilines is 1. The van der Waals surface area contributed by atoms with Crippen LogP contribution in [0.15, 0.2) is 18.2 Å². The van der Waals surface area contributed by atoms with Crippen molar-refractivity contribution in [3.05, 3.63) is 28.8 Å². The lowest BCUT2D eigenvalue weighted by molar-refractivity contribution is 0.0945. The molecule has 1 rings (SSSR count). The molecular weight excluding hydrogens is 284 g/mol. The first-order valence-electron chi connectivity index (χ1n) is 4.74. The molecule has 1 aromatic rings. The van der Waals surface area contributed by atoms with Gasteiger partial charge in [0.2, 0.25) is 0 Å². The van der Waals surface area contributed by atoms with Crippen LogP contribution in [0, 0.1) is 0 Å². The number of nitrogens with two attached hydrogens (primary N) is 1. The number of carbonyl (C=O) groups is 1. The van der Waals surface area contributed by atoms with Crippen molar-refractivity contribution in [2.75, 3.05) is 18.9 Å². The minimum Gasteiger partial charge on any atom is -0.398 e. The van der Waals surface area contributed by atoms with Gasteiger partial charge in [0.1, 0.15) is 0 Å². The lowest BCUT2D eigenvalue weighted by atomic mass is 10.2. The van der Waals surface area contributed by atoms with Gasteiger partial charge < -0.3 is 11.1 Å². The summed E-state index contributed by atoms with van der Waals surface area (Å²) in [4.78, 5) is 11.6. The van der Waals surface area contributed by atoms with Crippen LogP contribution in [-0.2, 0) is 14.6 Å². The molecule has 0 bridgehead atoms. The second kappa shape index (κ2) is 6.01. The summed E-state index contributed by atoms with van der Waals surface area (Å²) in [5, 5.41) is 2.71. The van der Waals surface area contributed by atoms with E-state index in [2.05, 4.69) is 9.50 Å². The predicted molar refractivity (Wildman–Crippen MR) is 65.7 cm³/mol. The molecule has 0 spiro atoms. The first-order chi connectivity index (χ1) is 8.29. The molecule has 0 saturated heterocycles. The van der Waals surface area contributed by atoms with Crippen LogP contribution >= 0.6 is 11.6 Å². The third-order valence-electron chi connectivity index (χ3n) is 1.88. The molecule has 1 amide bonds. The highest BCUT2D eigenvalue weighted by atomic mass is 35.5. The van der Waals surface area contributed by atoms with Gasteiger partial charge in [0.25, 0.3) is 5.91 Å². The average molecular weight is 295 g/mol. The van der Waals surface area contributed by atoms with Gasteiger partial charge >= 0.3 is 10.4 Å². The zero-order chi connectivity index (χ0) is 13.8. The van der Waals surface area contributed by atoms with E-state index < -0.39 is 16.3 Å². The highest BCUT2D eigenvalue weighted by Crippen LogP contribution is 2.19. The topological polar surface area (TPSA) is 119 Å². The summed E-state index contributed by atoms with van der Waals surface area (Å²) in [6.45, 7) is -0.450.